The summed E-state index contributed by atoms with van der Waals surface area (Å²) in [6, 6.07) is 12.2. The number of aliphatic hydroxyl groups is 1. The standard InChI is InChI=1S/C24H23ClF3N5O3S/c1-30-21-19(23(35)31-10-3-11-34)33(13-15-6-8-17(25)9-7-15)22(32-21)20(37-14-29)16-4-2-5-18(12-16)36-24(26,27)28/h2,4-9,12,20,30,34H,3,10-11,13H2,1H3,(H,31,35). The molecule has 0 saturated carbocycles. The minimum atomic E-state index is -4.89. The van der Waals surface area contributed by atoms with E-state index in [1.165, 1.54) is 12.1 Å². The number of nitriles is 1. The molecule has 196 valence electrons. The number of aromatic nitrogens is 2. The molecule has 0 radical (unpaired) electrons. The summed E-state index contributed by atoms with van der Waals surface area (Å²) in [5, 5.41) is 25.9. The number of anilines is 1. The Morgan fingerprint density at radius 1 is 1.30 bits per heavy atom. The third-order valence-corrected chi connectivity index (χ3v) is 6.20. The number of thiocyanates is 1. The third kappa shape index (κ3) is 7.55. The van der Waals surface area contributed by atoms with Crippen molar-refractivity contribution in [3.8, 4) is 11.2 Å². The molecule has 0 fully saturated rings. The molecule has 3 N–H and O–H groups in total. The van der Waals surface area contributed by atoms with Crippen LogP contribution in [0.2, 0.25) is 5.02 Å². The first-order valence-corrected chi connectivity index (χ1v) is 12.2. The highest BCUT2D eigenvalue weighted by molar-refractivity contribution is 8.04. The van der Waals surface area contributed by atoms with E-state index in [2.05, 4.69) is 20.4 Å². The smallest absolute Gasteiger partial charge is 0.406 e. The first-order chi connectivity index (χ1) is 17.7. The van der Waals surface area contributed by atoms with Crippen molar-refractivity contribution < 1.29 is 27.8 Å². The Morgan fingerprint density at radius 3 is 2.65 bits per heavy atom. The molecule has 8 nitrogen and oxygen atoms in total. The Morgan fingerprint density at radius 2 is 2.03 bits per heavy atom. The van der Waals surface area contributed by atoms with Crippen molar-refractivity contribution in [2.45, 2.75) is 24.6 Å². The zero-order chi connectivity index (χ0) is 27.0. The second-order valence-corrected chi connectivity index (χ2v) is 9.00. The normalized spacial score (nSPS) is 12.0. The van der Waals surface area contributed by atoms with Gasteiger partial charge in [0, 0.05) is 31.8 Å². The van der Waals surface area contributed by atoms with E-state index >= 15 is 0 Å². The quantitative estimate of drug-likeness (QED) is 0.228. The number of nitrogens with one attached hydrogen (secondary N) is 2. The molecule has 3 rings (SSSR count). The summed E-state index contributed by atoms with van der Waals surface area (Å²) in [6.07, 6.45) is -4.54. The van der Waals surface area contributed by atoms with Crippen molar-refractivity contribution in [1.29, 1.82) is 5.26 Å². The maximum atomic E-state index is 13.2. The fourth-order valence-corrected chi connectivity index (χ4v) is 4.37. The lowest BCUT2D eigenvalue weighted by atomic mass is 10.1. The van der Waals surface area contributed by atoms with Crippen LogP contribution in [-0.2, 0) is 6.54 Å². The van der Waals surface area contributed by atoms with Gasteiger partial charge in [-0.1, -0.05) is 35.9 Å². The van der Waals surface area contributed by atoms with E-state index in [-0.39, 0.29) is 37.0 Å². The van der Waals surface area contributed by atoms with Crippen molar-refractivity contribution in [2.75, 3.05) is 25.5 Å². The van der Waals surface area contributed by atoms with Gasteiger partial charge in [-0.3, -0.25) is 4.79 Å². The number of carbonyl (C=O) groups is 1. The van der Waals surface area contributed by atoms with Crippen LogP contribution in [0.5, 0.6) is 5.75 Å². The average molecular weight is 554 g/mol. The number of amides is 1. The van der Waals surface area contributed by atoms with E-state index in [0.717, 1.165) is 23.4 Å². The number of halogens is 4. The van der Waals surface area contributed by atoms with E-state index < -0.39 is 23.3 Å². The van der Waals surface area contributed by atoms with Crippen LogP contribution in [-0.4, -0.2) is 47.1 Å². The maximum absolute atomic E-state index is 13.2. The number of hydrogen-bond acceptors (Lipinski definition) is 7. The number of alkyl halides is 3. The van der Waals surface area contributed by atoms with Gasteiger partial charge in [0.2, 0.25) is 0 Å². The molecular weight excluding hydrogens is 531 g/mol. The molecule has 1 atom stereocenters. The number of benzene rings is 2. The molecule has 0 aliphatic heterocycles. The van der Waals surface area contributed by atoms with E-state index in [4.69, 9.17) is 16.7 Å². The molecule has 1 amide bonds. The third-order valence-electron chi connectivity index (χ3n) is 5.12. The molecule has 0 aliphatic carbocycles. The number of carbonyl (C=O) groups excluding carboxylic acids is 1. The SMILES string of the molecule is CNc1nc(C(SC#N)c2cccc(OC(F)(F)F)c2)n(Cc2ccc(Cl)cc2)c1C(=O)NCCCO. The molecule has 0 bridgehead atoms. The average Bonchev–Trinajstić information content (AvgIpc) is 3.21. The lowest BCUT2D eigenvalue weighted by Crippen LogP contribution is -2.28. The first-order valence-electron chi connectivity index (χ1n) is 11.0. The van der Waals surface area contributed by atoms with Crippen molar-refractivity contribution in [1.82, 2.24) is 14.9 Å². The van der Waals surface area contributed by atoms with Crippen LogP contribution in [0.1, 0.15) is 39.1 Å². The van der Waals surface area contributed by atoms with E-state index in [1.807, 2.05) is 5.40 Å². The molecule has 1 unspecified atom stereocenters. The summed E-state index contributed by atoms with van der Waals surface area (Å²) in [5.74, 6) is -0.431. The van der Waals surface area contributed by atoms with Gasteiger partial charge in [0.05, 0.1) is 0 Å². The van der Waals surface area contributed by atoms with Gasteiger partial charge in [-0.25, -0.2) is 4.98 Å². The van der Waals surface area contributed by atoms with Crippen molar-refractivity contribution in [3.63, 3.8) is 0 Å². The molecule has 1 heterocycles. The molecule has 0 spiro atoms. The van der Waals surface area contributed by atoms with Crippen LogP contribution >= 0.6 is 23.4 Å². The molecule has 13 heteroatoms. The summed E-state index contributed by atoms with van der Waals surface area (Å²) in [5.41, 5.74) is 1.26. The van der Waals surface area contributed by atoms with Crippen LogP contribution in [0.3, 0.4) is 0 Å². The predicted octanol–water partition coefficient (Wildman–Crippen LogP) is 4.94. The number of thioether (sulfide) groups is 1. The number of hydrogen-bond donors (Lipinski definition) is 3. The highest BCUT2D eigenvalue weighted by atomic mass is 35.5. The number of rotatable bonds is 11. The summed E-state index contributed by atoms with van der Waals surface area (Å²) >= 11 is 6.79. The van der Waals surface area contributed by atoms with Gasteiger partial charge < -0.3 is 25.0 Å². The highest BCUT2D eigenvalue weighted by Gasteiger charge is 2.32. The highest BCUT2D eigenvalue weighted by Crippen LogP contribution is 2.39. The summed E-state index contributed by atoms with van der Waals surface area (Å²) in [6.45, 7) is 0.268. The van der Waals surface area contributed by atoms with Crippen LogP contribution in [0.25, 0.3) is 0 Å². The van der Waals surface area contributed by atoms with Crippen LogP contribution in [0.4, 0.5) is 19.0 Å². The van der Waals surface area contributed by atoms with E-state index in [9.17, 15) is 23.2 Å². The van der Waals surface area contributed by atoms with Crippen LogP contribution in [0.15, 0.2) is 48.5 Å². The van der Waals surface area contributed by atoms with E-state index in [1.54, 1.807) is 41.9 Å². The van der Waals surface area contributed by atoms with Gasteiger partial charge in [-0.15, -0.1) is 13.2 Å². The molecule has 0 saturated heterocycles. The lowest BCUT2D eigenvalue weighted by Gasteiger charge is -2.18. The van der Waals surface area contributed by atoms with Gasteiger partial charge in [-0.05, 0) is 53.6 Å². The fraction of sp³-hybridized carbons (Fsp3) is 0.292. The zero-order valence-corrected chi connectivity index (χ0v) is 21.1. The zero-order valence-electron chi connectivity index (χ0n) is 19.6. The number of nitrogens with zero attached hydrogens (tertiary/aromatic N) is 3. The minimum Gasteiger partial charge on any atom is -0.406 e. The Labute approximate surface area is 220 Å². The monoisotopic (exact) mass is 553 g/mol. The maximum Gasteiger partial charge on any atom is 0.573 e. The second-order valence-electron chi connectivity index (χ2n) is 7.67. The van der Waals surface area contributed by atoms with Crippen molar-refractivity contribution in [3.05, 3.63) is 76.2 Å². The van der Waals surface area contributed by atoms with Gasteiger partial charge in [-0.2, -0.15) is 5.26 Å². The number of imidazole rings is 1. The van der Waals surface area contributed by atoms with Crippen LogP contribution in [0, 0.1) is 10.7 Å². The molecule has 37 heavy (non-hydrogen) atoms. The Bertz CT molecular complexity index is 1260. The van der Waals surface area contributed by atoms with Crippen molar-refractivity contribution in [2.24, 2.45) is 0 Å². The van der Waals surface area contributed by atoms with Gasteiger partial charge in [0.15, 0.2) is 11.5 Å². The predicted molar refractivity (Wildman–Crippen MR) is 135 cm³/mol. The van der Waals surface area contributed by atoms with Gasteiger partial charge in [0.25, 0.3) is 5.91 Å². The Hall–Kier alpha value is -3.40. The largest absolute Gasteiger partial charge is 0.573 e. The number of ether oxygens (including phenoxy) is 1. The molecule has 0 aliphatic rings. The van der Waals surface area contributed by atoms with E-state index in [0.29, 0.717) is 17.0 Å². The van der Waals surface area contributed by atoms with Gasteiger partial charge >= 0.3 is 6.36 Å². The molecular formula is C24H23ClF3N5O3S. The lowest BCUT2D eigenvalue weighted by molar-refractivity contribution is -0.274. The fourth-order valence-electron chi connectivity index (χ4n) is 3.57. The van der Waals surface area contributed by atoms with Crippen LogP contribution < -0.4 is 15.4 Å². The minimum absolute atomic E-state index is 0.105. The Kier molecular flexibility index (Phi) is 9.68. The second kappa shape index (κ2) is 12.7. The summed E-state index contributed by atoms with van der Waals surface area (Å²) in [4.78, 5) is 17.7. The number of aliphatic hydroxyl groups excluding tert-OH is 1. The Balaban J connectivity index is 2.15. The first kappa shape index (κ1) is 28.2. The summed E-state index contributed by atoms with van der Waals surface area (Å²) < 4.78 is 44.1. The topological polar surface area (TPSA) is 112 Å². The summed E-state index contributed by atoms with van der Waals surface area (Å²) in [7, 11) is 1.58. The molecule has 1 aromatic heterocycles. The van der Waals surface area contributed by atoms with Crippen molar-refractivity contribution >= 4 is 35.1 Å². The van der Waals surface area contributed by atoms with Gasteiger partial charge in [0.1, 0.15) is 22.2 Å². The molecule has 3 aromatic rings. The molecule has 2 aromatic carbocycles.